The van der Waals surface area contributed by atoms with Gasteiger partial charge in [0.15, 0.2) is 0 Å². The van der Waals surface area contributed by atoms with Crippen LogP contribution in [0.1, 0.15) is 50.0 Å². The maximum absolute atomic E-state index is 13.5. The van der Waals surface area contributed by atoms with E-state index in [4.69, 9.17) is 4.74 Å². The number of fused-ring (bicyclic) bond motifs is 2. The third-order valence-electron chi connectivity index (χ3n) is 5.61. The van der Waals surface area contributed by atoms with Gasteiger partial charge in [-0.1, -0.05) is 80.9 Å². The molecule has 0 unspecified atom stereocenters. The zero-order valence-corrected chi connectivity index (χ0v) is 18.5. The lowest BCUT2D eigenvalue weighted by atomic mass is 9.92. The second-order valence-electron chi connectivity index (χ2n) is 9.47. The van der Waals surface area contributed by atoms with E-state index < -0.39 is 12.2 Å². The number of hydrogen-bond acceptors (Lipinski definition) is 3. The Morgan fingerprint density at radius 3 is 2.48 bits per heavy atom. The molecule has 1 aliphatic rings. The highest BCUT2D eigenvalue weighted by Gasteiger charge is 2.38. The average Bonchev–Trinajstić information content (AvgIpc) is 2.83. The van der Waals surface area contributed by atoms with Crippen molar-refractivity contribution in [3.05, 3.63) is 77.4 Å². The number of aryl methyl sites for hydroxylation is 1. The van der Waals surface area contributed by atoms with E-state index in [0.29, 0.717) is 6.54 Å². The molecule has 2 atom stereocenters. The fourth-order valence-corrected chi connectivity index (χ4v) is 4.29. The molecule has 0 N–H and O–H groups in total. The van der Waals surface area contributed by atoms with Crippen LogP contribution in [0.3, 0.4) is 0 Å². The van der Waals surface area contributed by atoms with Gasteiger partial charge in [-0.15, -0.1) is 0 Å². The number of carbonyl (C=O) groups is 1. The van der Waals surface area contributed by atoms with Crippen molar-refractivity contribution in [1.29, 1.82) is 0 Å². The van der Waals surface area contributed by atoms with Crippen LogP contribution < -0.4 is 4.90 Å². The van der Waals surface area contributed by atoms with Crippen LogP contribution in [0, 0.1) is 12.3 Å². The Morgan fingerprint density at radius 2 is 1.74 bits per heavy atom. The van der Waals surface area contributed by atoms with Crippen molar-refractivity contribution in [2.45, 2.75) is 46.3 Å². The summed E-state index contributed by atoms with van der Waals surface area (Å²) in [5, 5.41) is 2.19. The van der Waals surface area contributed by atoms with Crippen LogP contribution >= 0.6 is 0 Å². The van der Waals surface area contributed by atoms with E-state index in [1.54, 1.807) is 4.90 Å². The summed E-state index contributed by atoms with van der Waals surface area (Å²) in [6.45, 7) is 8.87. The number of hydrogen-bond donors (Lipinski definition) is 0. The van der Waals surface area contributed by atoms with Crippen LogP contribution in [0.4, 0.5) is 5.69 Å². The molecule has 3 aromatic carbocycles. The second-order valence-corrected chi connectivity index (χ2v) is 9.47. The molecule has 0 saturated carbocycles. The largest absolute Gasteiger partial charge is 0.355 e. The zero-order chi connectivity index (χ0) is 22.2. The molecule has 0 bridgehead atoms. The Labute approximate surface area is 183 Å². The highest BCUT2D eigenvalue weighted by molar-refractivity contribution is 5.99. The van der Waals surface area contributed by atoms with Crippen LogP contribution in [0.25, 0.3) is 10.8 Å². The van der Waals surface area contributed by atoms with Crippen molar-refractivity contribution in [2.75, 3.05) is 11.4 Å². The summed E-state index contributed by atoms with van der Waals surface area (Å²) in [4.78, 5) is 26.6. The molecule has 4 rings (SSSR count). The van der Waals surface area contributed by atoms with Crippen molar-refractivity contribution in [3.63, 3.8) is 0 Å². The van der Waals surface area contributed by atoms with Gasteiger partial charge < -0.3 is 9.64 Å². The molecular weight excluding hydrogens is 386 g/mol. The Bertz CT molecular complexity index is 1120. The first-order valence-corrected chi connectivity index (χ1v) is 10.7. The molecule has 0 saturated heterocycles. The van der Waals surface area contributed by atoms with Crippen molar-refractivity contribution in [3.8, 4) is 0 Å². The predicted octanol–water partition coefficient (Wildman–Crippen LogP) is 5.52. The van der Waals surface area contributed by atoms with Crippen LogP contribution in [0.15, 0.2) is 60.7 Å². The number of rotatable bonds is 4. The van der Waals surface area contributed by atoms with Crippen molar-refractivity contribution in [2.24, 2.45) is 5.41 Å². The first kappa shape index (κ1) is 21.3. The quantitative estimate of drug-likeness (QED) is 0.565. The van der Waals surface area contributed by atoms with Gasteiger partial charge in [0.25, 0.3) is 5.91 Å². The summed E-state index contributed by atoms with van der Waals surface area (Å²) in [6.07, 6.45) is 0.471. The predicted molar refractivity (Wildman–Crippen MR) is 124 cm³/mol. The minimum Gasteiger partial charge on any atom is -0.355 e. The van der Waals surface area contributed by atoms with Gasteiger partial charge in [-0.3, -0.25) is 9.59 Å². The number of benzene rings is 3. The van der Waals surface area contributed by atoms with E-state index >= 15 is 0 Å². The van der Waals surface area contributed by atoms with Gasteiger partial charge in [-0.05, 0) is 34.7 Å². The van der Waals surface area contributed by atoms with Crippen LogP contribution in [0.2, 0.25) is 0 Å². The summed E-state index contributed by atoms with van der Waals surface area (Å²) < 4.78 is 6.43. The highest BCUT2D eigenvalue weighted by atomic mass is 16.5. The molecule has 0 aliphatic carbocycles. The van der Waals surface area contributed by atoms with Gasteiger partial charge in [0, 0.05) is 24.2 Å². The molecule has 1 amide bonds. The Hall–Kier alpha value is -2.98. The fraction of sp³-hybridized carbons (Fsp3) is 0.333. The van der Waals surface area contributed by atoms with Gasteiger partial charge in [-0.25, -0.2) is 0 Å². The molecule has 0 aromatic heterocycles. The Balaban J connectivity index is 1.96. The van der Waals surface area contributed by atoms with Crippen molar-refractivity contribution < 1.29 is 14.3 Å². The lowest BCUT2D eigenvalue weighted by molar-refractivity contribution is -0.131. The van der Waals surface area contributed by atoms with Crippen molar-refractivity contribution >= 4 is 28.7 Å². The third kappa shape index (κ3) is 4.26. The smallest absolute Gasteiger partial charge is 0.256 e. The molecule has 31 heavy (non-hydrogen) atoms. The summed E-state index contributed by atoms with van der Waals surface area (Å²) >= 11 is 0. The van der Waals surface area contributed by atoms with Gasteiger partial charge in [-0.2, -0.15) is 0 Å². The maximum atomic E-state index is 13.5. The number of carbonyl (C=O) groups excluding carboxylic acids is 2. The normalized spacial score (nSPS) is 19.2. The van der Waals surface area contributed by atoms with Crippen LogP contribution in [-0.2, 0) is 14.3 Å². The topological polar surface area (TPSA) is 46.6 Å². The van der Waals surface area contributed by atoms with E-state index in [1.807, 2.05) is 49.6 Å². The van der Waals surface area contributed by atoms with Crippen LogP contribution in [-0.4, -0.2) is 24.8 Å². The third-order valence-corrected chi connectivity index (χ3v) is 5.61. The minimum absolute atomic E-state index is 0.0896. The summed E-state index contributed by atoms with van der Waals surface area (Å²) in [5.41, 5.74) is 3.76. The molecule has 0 fully saturated rings. The molecule has 1 radical (unpaired) electrons. The molecule has 1 heterocycles. The van der Waals surface area contributed by atoms with Crippen molar-refractivity contribution in [1.82, 2.24) is 0 Å². The van der Waals surface area contributed by atoms with E-state index in [-0.39, 0.29) is 17.7 Å². The molecule has 159 valence electrons. The molecule has 4 nitrogen and oxygen atoms in total. The average molecular weight is 415 g/mol. The summed E-state index contributed by atoms with van der Waals surface area (Å²) in [6, 6.07) is 20.4. The molecular formula is C27H28NO3. The lowest BCUT2D eigenvalue weighted by Gasteiger charge is -2.31. The van der Waals surface area contributed by atoms with E-state index in [0.717, 1.165) is 33.2 Å². The van der Waals surface area contributed by atoms with Crippen LogP contribution in [0.5, 0.6) is 0 Å². The second kappa shape index (κ2) is 8.27. The number of anilines is 1. The first-order valence-electron chi connectivity index (χ1n) is 10.7. The van der Waals surface area contributed by atoms with E-state index in [1.165, 1.54) is 0 Å². The lowest BCUT2D eigenvalue weighted by Crippen LogP contribution is -2.43. The number of amides is 1. The highest BCUT2D eigenvalue weighted by Crippen LogP contribution is 2.42. The van der Waals surface area contributed by atoms with Gasteiger partial charge in [0.05, 0.1) is 0 Å². The zero-order valence-electron chi connectivity index (χ0n) is 18.5. The van der Waals surface area contributed by atoms with E-state index in [9.17, 15) is 9.59 Å². The SMILES string of the molecule is Cc1ccc2c(c1)[C@H](c1cccc3ccccc13)O[C@@H](C[C]=O)C(=O)N2CC(C)(C)C. The monoisotopic (exact) mass is 414 g/mol. The molecule has 1 aliphatic heterocycles. The van der Waals surface area contributed by atoms with Gasteiger partial charge in [0.2, 0.25) is 6.29 Å². The standard InChI is InChI=1S/C27H28NO3/c1-18-12-13-23-22(16-18)25(21-11-7-9-19-8-5-6-10-20(19)21)31-24(14-15-29)26(30)28(23)17-27(2,3)4/h5-13,16,24-25H,14,17H2,1-4H3/t24-,25-/m0/s1. The van der Waals surface area contributed by atoms with E-state index in [2.05, 4.69) is 45.0 Å². The Kier molecular flexibility index (Phi) is 5.67. The first-order chi connectivity index (χ1) is 14.8. The summed E-state index contributed by atoms with van der Waals surface area (Å²) in [5.74, 6) is -0.189. The van der Waals surface area contributed by atoms with Gasteiger partial charge >= 0.3 is 0 Å². The number of nitrogens with zero attached hydrogens (tertiary/aromatic N) is 1. The van der Waals surface area contributed by atoms with Gasteiger partial charge in [0.1, 0.15) is 12.2 Å². The number of ether oxygens (including phenoxy) is 1. The molecule has 4 heteroatoms. The fourth-order valence-electron chi connectivity index (χ4n) is 4.29. The Morgan fingerprint density at radius 1 is 1.00 bits per heavy atom. The molecule has 3 aromatic rings. The maximum Gasteiger partial charge on any atom is 0.256 e. The molecule has 0 spiro atoms. The summed E-state index contributed by atoms with van der Waals surface area (Å²) in [7, 11) is 0. The minimum atomic E-state index is -0.878.